The van der Waals surface area contributed by atoms with Gasteiger partial charge in [-0.15, -0.1) is 0 Å². The van der Waals surface area contributed by atoms with Crippen LogP contribution in [-0.4, -0.2) is 33.0 Å². The predicted octanol–water partition coefficient (Wildman–Crippen LogP) is 3.36. The number of thioether (sulfide) groups is 1. The second-order valence-corrected chi connectivity index (χ2v) is 6.78. The molecule has 0 saturated carbocycles. The molecule has 0 bridgehead atoms. The summed E-state index contributed by atoms with van der Waals surface area (Å²) in [5, 5.41) is 21.7. The van der Waals surface area contributed by atoms with Crippen molar-refractivity contribution in [1.29, 1.82) is 5.26 Å². The topological polar surface area (TPSA) is 102 Å². The number of H-pyrrole nitrogens is 1. The Labute approximate surface area is 155 Å². The molecule has 0 aliphatic rings. The molecule has 6 nitrogen and oxygen atoms in total. The molecule has 0 radical (unpaired) electrons. The molecule has 1 heterocycles. The number of carbonyl (C=O) groups is 1. The number of nitrogens with zero attached hydrogens (tertiary/aromatic N) is 2. The quantitative estimate of drug-likeness (QED) is 0.621. The van der Waals surface area contributed by atoms with Gasteiger partial charge in [-0.2, -0.15) is 17.0 Å². The summed E-state index contributed by atoms with van der Waals surface area (Å²) in [6.07, 6.45) is 2.73. The third-order valence-electron chi connectivity index (χ3n) is 4.03. The molecule has 0 aliphatic heterocycles. The fraction of sp³-hybridized carbons (Fsp3) is 0.211. The Hall–Kier alpha value is -2.98. The third-order valence-corrected chi connectivity index (χ3v) is 4.68. The highest BCUT2D eigenvalue weighted by molar-refractivity contribution is 7.98. The standard InChI is InChI=1S/C19H18N4O2S/c1-26-9-8-16(18-21-14-4-2-3-5-15(14)22-18)23-19(25)12-6-7-13(11-20)17(24)10-12/h2-7,10,16,24H,8-9H2,1H3,(H,21,22)(H,23,25). The number of nitrogens with one attached hydrogen (secondary N) is 2. The Balaban J connectivity index is 1.85. The fourth-order valence-corrected chi connectivity index (χ4v) is 3.13. The molecule has 1 amide bonds. The molecule has 2 aromatic carbocycles. The van der Waals surface area contributed by atoms with E-state index in [-0.39, 0.29) is 23.3 Å². The summed E-state index contributed by atoms with van der Waals surface area (Å²) in [6.45, 7) is 0. The van der Waals surface area contributed by atoms with Crippen molar-refractivity contribution in [2.24, 2.45) is 0 Å². The number of phenolic OH excluding ortho intramolecular Hbond substituents is 1. The molecule has 0 fully saturated rings. The molecule has 7 heteroatoms. The number of aromatic nitrogens is 2. The van der Waals surface area contributed by atoms with Gasteiger partial charge < -0.3 is 15.4 Å². The van der Waals surface area contributed by atoms with Gasteiger partial charge in [-0.25, -0.2) is 4.98 Å². The zero-order valence-corrected chi connectivity index (χ0v) is 15.0. The first-order valence-electron chi connectivity index (χ1n) is 8.10. The van der Waals surface area contributed by atoms with E-state index in [0.717, 1.165) is 23.2 Å². The molecule has 132 valence electrons. The minimum atomic E-state index is -0.323. The van der Waals surface area contributed by atoms with E-state index in [1.165, 1.54) is 18.2 Å². The predicted molar refractivity (Wildman–Crippen MR) is 102 cm³/mol. The maximum Gasteiger partial charge on any atom is 0.252 e. The Morgan fingerprint density at radius 1 is 1.38 bits per heavy atom. The maximum absolute atomic E-state index is 12.6. The Morgan fingerprint density at radius 3 is 2.88 bits per heavy atom. The summed E-state index contributed by atoms with van der Waals surface area (Å²) >= 11 is 1.69. The Kier molecular flexibility index (Phi) is 5.44. The van der Waals surface area contributed by atoms with Gasteiger partial charge in [-0.1, -0.05) is 12.1 Å². The van der Waals surface area contributed by atoms with Crippen molar-refractivity contribution in [2.75, 3.05) is 12.0 Å². The highest BCUT2D eigenvalue weighted by Gasteiger charge is 2.19. The number of hydrogen-bond acceptors (Lipinski definition) is 5. The number of fused-ring (bicyclic) bond motifs is 1. The van der Waals surface area contributed by atoms with Crippen LogP contribution in [0, 0.1) is 11.3 Å². The molecule has 0 aliphatic carbocycles. The summed E-state index contributed by atoms with van der Waals surface area (Å²) in [4.78, 5) is 20.5. The van der Waals surface area contributed by atoms with Crippen LogP contribution in [0.15, 0.2) is 42.5 Å². The molecule has 26 heavy (non-hydrogen) atoms. The summed E-state index contributed by atoms with van der Waals surface area (Å²) in [7, 11) is 0. The number of aromatic amines is 1. The molecule has 1 unspecified atom stereocenters. The lowest BCUT2D eigenvalue weighted by molar-refractivity contribution is 0.0934. The van der Waals surface area contributed by atoms with Crippen LogP contribution >= 0.6 is 11.8 Å². The smallest absolute Gasteiger partial charge is 0.252 e. The highest BCUT2D eigenvalue weighted by atomic mass is 32.2. The van der Waals surface area contributed by atoms with Crippen molar-refractivity contribution in [2.45, 2.75) is 12.5 Å². The molecule has 3 N–H and O–H groups in total. The van der Waals surface area contributed by atoms with Crippen LogP contribution in [0.5, 0.6) is 5.75 Å². The van der Waals surface area contributed by atoms with Crippen LogP contribution < -0.4 is 5.32 Å². The number of imidazole rings is 1. The molecular formula is C19H18N4O2S. The van der Waals surface area contributed by atoms with Gasteiger partial charge in [-0.05, 0) is 48.8 Å². The zero-order chi connectivity index (χ0) is 18.5. The average molecular weight is 366 g/mol. The van der Waals surface area contributed by atoms with Gasteiger partial charge in [0.1, 0.15) is 17.6 Å². The van der Waals surface area contributed by atoms with E-state index in [9.17, 15) is 9.90 Å². The number of benzene rings is 2. The number of hydrogen-bond donors (Lipinski definition) is 3. The van der Waals surface area contributed by atoms with Crippen molar-refractivity contribution in [3.8, 4) is 11.8 Å². The van der Waals surface area contributed by atoms with Crippen molar-refractivity contribution in [1.82, 2.24) is 15.3 Å². The first kappa shape index (κ1) is 17.8. The maximum atomic E-state index is 12.6. The highest BCUT2D eigenvalue weighted by Crippen LogP contribution is 2.22. The van der Waals surface area contributed by atoms with Crippen LogP contribution in [0.1, 0.15) is 34.2 Å². The van der Waals surface area contributed by atoms with Gasteiger partial charge in [0, 0.05) is 5.56 Å². The van der Waals surface area contributed by atoms with E-state index in [1.807, 2.05) is 36.6 Å². The minimum absolute atomic E-state index is 0.137. The number of carbonyl (C=O) groups excluding carboxylic acids is 1. The molecule has 1 aromatic heterocycles. The average Bonchev–Trinajstić information content (AvgIpc) is 3.08. The first-order chi connectivity index (χ1) is 12.6. The molecule has 3 rings (SSSR count). The molecule has 0 spiro atoms. The van der Waals surface area contributed by atoms with Crippen molar-refractivity contribution in [3.63, 3.8) is 0 Å². The van der Waals surface area contributed by atoms with Crippen molar-refractivity contribution < 1.29 is 9.90 Å². The second kappa shape index (κ2) is 7.93. The monoisotopic (exact) mass is 366 g/mol. The number of phenols is 1. The van der Waals surface area contributed by atoms with Crippen LogP contribution in [0.2, 0.25) is 0 Å². The second-order valence-electron chi connectivity index (χ2n) is 5.79. The van der Waals surface area contributed by atoms with E-state index >= 15 is 0 Å². The lowest BCUT2D eigenvalue weighted by Crippen LogP contribution is -2.29. The van der Waals surface area contributed by atoms with Crippen LogP contribution in [0.3, 0.4) is 0 Å². The SMILES string of the molecule is CSCCC(NC(=O)c1ccc(C#N)c(O)c1)c1nc2ccccc2[nH]1. The van der Waals surface area contributed by atoms with E-state index in [0.29, 0.717) is 11.4 Å². The summed E-state index contributed by atoms with van der Waals surface area (Å²) < 4.78 is 0. The first-order valence-corrected chi connectivity index (χ1v) is 9.49. The minimum Gasteiger partial charge on any atom is -0.507 e. The third kappa shape index (κ3) is 3.81. The fourth-order valence-electron chi connectivity index (χ4n) is 2.66. The van der Waals surface area contributed by atoms with Gasteiger partial charge in [0.2, 0.25) is 0 Å². The largest absolute Gasteiger partial charge is 0.507 e. The number of aromatic hydroxyl groups is 1. The lowest BCUT2D eigenvalue weighted by Gasteiger charge is -2.16. The lowest BCUT2D eigenvalue weighted by atomic mass is 10.1. The molecule has 0 saturated heterocycles. The van der Waals surface area contributed by atoms with E-state index in [1.54, 1.807) is 11.8 Å². The summed E-state index contributed by atoms with van der Waals surface area (Å²) in [6, 6.07) is 13.6. The van der Waals surface area contributed by atoms with E-state index in [2.05, 4.69) is 15.3 Å². The Bertz CT molecular complexity index is 944. The summed E-state index contributed by atoms with van der Waals surface area (Å²) in [5.74, 6) is 1.04. The van der Waals surface area contributed by atoms with E-state index < -0.39 is 0 Å². The van der Waals surface area contributed by atoms with Gasteiger partial charge >= 0.3 is 0 Å². The van der Waals surface area contributed by atoms with Crippen molar-refractivity contribution in [3.05, 3.63) is 59.4 Å². The summed E-state index contributed by atoms with van der Waals surface area (Å²) in [5.41, 5.74) is 2.20. The number of nitriles is 1. The van der Waals surface area contributed by atoms with Gasteiger partial charge in [0.25, 0.3) is 5.91 Å². The van der Waals surface area contributed by atoms with Crippen LogP contribution in [0.25, 0.3) is 11.0 Å². The van der Waals surface area contributed by atoms with Crippen LogP contribution in [0.4, 0.5) is 0 Å². The number of amides is 1. The normalized spacial score (nSPS) is 11.8. The van der Waals surface area contributed by atoms with Crippen LogP contribution in [-0.2, 0) is 0 Å². The molecule has 1 atom stereocenters. The Morgan fingerprint density at radius 2 is 2.19 bits per heavy atom. The van der Waals surface area contributed by atoms with Crippen molar-refractivity contribution >= 4 is 28.7 Å². The molecular weight excluding hydrogens is 348 g/mol. The molecule has 3 aromatic rings. The van der Waals surface area contributed by atoms with Gasteiger partial charge in [-0.3, -0.25) is 4.79 Å². The van der Waals surface area contributed by atoms with E-state index in [4.69, 9.17) is 5.26 Å². The van der Waals surface area contributed by atoms with Gasteiger partial charge in [0.05, 0.1) is 22.6 Å². The zero-order valence-electron chi connectivity index (χ0n) is 14.2. The van der Waals surface area contributed by atoms with Gasteiger partial charge in [0.15, 0.2) is 0 Å². The number of para-hydroxylation sites is 2. The number of rotatable bonds is 6.